The number of carbonyl (C=O) groups excluding carboxylic acids is 1. The highest BCUT2D eigenvalue weighted by molar-refractivity contribution is 14.1. The zero-order valence-electron chi connectivity index (χ0n) is 8.53. The van der Waals surface area contributed by atoms with E-state index in [0.29, 0.717) is 19.4 Å². The number of nitrogens with zero attached hydrogens (tertiary/aromatic N) is 1. The summed E-state index contributed by atoms with van der Waals surface area (Å²) in [5.74, 6) is -0.341. The Kier molecular flexibility index (Phi) is 5.05. The summed E-state index contributed by atoms with van der Waals surface area (Å²) in [5.41, 5.74) is 0.267. The molecule has 0 aliphatic rings. The molecule has 1 aromatic rings. The van der Waals surface area contributed by atoms with Gasteiger partial charge in [-0.25, -0.2) is 0 Å². The molecule has 0 atom stereocenters. The molecule has 0 aliphatic heterocycles. The Balaban J connectivity index is 2.59. The van der Waals surface area contributed by atoms with Crippen LogP contribution in [0.25, 0.3) is 0 Å². The Labute approximate surface area is 107 Å². The minimum absolute atomic E-state index is 0.0294. The predicted molar refractivity (Wildman–Crippen MR) is 68.0 cm³/mol. The molecule has 2 N–H and O–H groups in total. The van der Waals surface area contributed by atoms with Gasteiger partial charge in [0.15, 0.2) is 0 Å². The number of rotatable bonds is 4. The molecular formula is C11H11IN2O2. The van der Waals surface area contributed by atoms with Crippen LogP contribution in [0, 0.1) is 14.9 Å². The number of phenolic OH excluding ortho intramolecular Hbond substituents is 1. The second kappa shape index (κ2) is 6.33. The highest BCUT2D eigenvalue weighted by Gasteiger charge is 2.10. The Morgan fingerprint density at radius 1 is 1.56 bits per heavy atom. The van der Waals surface area contributed by atoms with E-state index in [1.165, 1.54) is 6.07 Å². The average molecular weight is 330 g/mol. The van der Waals surface area contributed by atoms with Crippen LogP contribution in [0.5, 0.6) is 5.75 Å². The van der Waals surface area contributed by atoms with Crippen molar-refractivity contribution in [3.8, 4) is 11.8 Å². The van der Waals surface area contributed by atoms with Gasteiger partial charge in [0.25, 0.3) is 5.91 Å². The quantitative estimate of drug-likeness (QED) is 0.655. The van der Waals surface area contributed by atoms with E-state index in [4.69, 9.17) is 5.26 Å². The minimum atomic E-state index is -0.311. The van der Waals surface area contributed by atoms with Crippen LogP contribution in [0.3, 0.4) is 0 Å². The summed E-state index contributed by atoms with van der Waals surface area (Å²) < 4.78 is 0.887. The summed E-state index contributed by atoms with van der Waals surface area (Å²) in [7, 11) is 0. The fourth-order valence-electron chi connectivity index (χ4n) is 1.15. The van der Waals surface area contributed by atoms with Crippen LogP contribution in [0.15, 0.2) is 18.2 Å². The third-order valence-electron chi connectivity index (χ3n) is 1.95. The molecule has 0 aromatic heterocycles. The fourth-order valence-corrected chi connectivity index (χ4v) is 1.65. The van der Waals surface area contributed by atoms with Gasteiger partial charge in [-0.3, -0.25) is 4.79 Å². The Hall–Kier alpha value is -1.29. The molecule has 0 heterocycles. The molecule has 84 valence electrons. The van der Waals surface area contributed by atoms with Gasteiger partial charge in [-0.15, -0.1) is 0 Å². The summed E-state index contributed by atoms with van der Waals surface area (Å²) in [5, 5.41) is 20.5. The van der Waals surface area contributed by atoms with Crippen LogP contribution in [-0.4, -0.2) is 17.6 Å². The van der Waals surface area contributed by atoms with E-state index in [0.717, 1.165) is 3.57 Å². The lowest BCUT2D eigenvalue weighted by molar-refractivity contribution is 0.0950. The van der Waals surface area contributed by atoms with Gasteiger partial charge in [-0.1, -0.05) is 0 Å². The monoisotopic (exact) mass is 330 g/mol. The number of carbonyl (C=O) groups is 1. The first-order valence-corrected chi connectivity index (χ1v) is 5.86. The van der Waals surface area contributed by atoms with Crippen LogP contribution < -0.4 is 5.32 Å². The highest BCUT2D eigenvalue weighted by atomic mass is 127. The van der Waals surface area contributed by atoms with Crippen molar-refractivity contribution in [2.24, 2.45) is 0 Å². The molecule has 0 aliphatic carbocycles. The molecule has 0 spiro atoms. The number of benzene rings is 1. The Morgan fingerprint density at radius 2 is 2.31 bits per heavy atom. The molecular weight excluding hydrogens is 319 g/mol. The van der Waals surface area contributed by atoms with E-state index in [9.17, 15) is 9.90 Å². The lowest BCUT2D eigenvalue weighted by atomic mass is 10.2. The van der Waals surface area contributed by atoms with Gasteiger partial charge >= 0.3 is 0 Å². The number of hydrogen-bond donors (Lipinski definition) is 2. The van der Waals surface area contributed by atoms with Crippen LogP contribution in [-0.2, 0) is 0 Å². The maximum atomic E-state index is 11.6. The number of aromatic hydroxyl groups is 1. The molecule has 1 aromatic carbocycles. The summed E-state index contributed by atoms with van der Waals surface area (Å²) in [6.07, 6.45) is 1.03. The minimum Gasteiger partial charge on any atom is -0.507 e. The van der Waals surface area contributed by atoms with Crippen LogP contribution in [0.1, 0.15) is 23.2 Å². The van der Waals surface area contributed by atoms with Crippen molar-refractivity contribution in [3.05, 3.63) is 27.3 Å². The van der Waals surface area contributed by atoms with E-state index < -0.39 is 0 Å². The molecule has 5 heteroatoms. The third-order valence-corrected chi connectivity index (χ3v) is 2.63. The van der Waals surface area contributed by atoms with E-state index in [-0.39, 0.29) is 17.2 Å². The van der Waals surface area contributed by atoms with Gasteiger partial charge in [0, 0.05) is 16.5 Å². The molecule has 4 nitrogen and oxygen atoms in total. The van der Waals surface area contributed by atoms with Crippen LogP contribution >= 0.6 is 22.6 Å². The smallest absolute Gasteiger partial charge is 0.255 e. The predicted octanol–water partition coefficient (Wildman–Crippen LogP) is 2.03. The molecule has 1 rings (SSSR count). The third kappa shape index (κ3) is 3.70. The second-order valence-corrected chi connectivity index (χ2v) is 4.42. The van der Waals surface area contributed by atoms with Crippen molar-refractivity contribution >= 4 is 28.5 Å². The van der Waals surface area contributed by atoms with E-state index in [1.54, 1.807) is 12.1 Å². The molecule has 0 saturated heterocycles. The van der Waals surface area contributed by atoms with Gasteiger partial charge in [-0.2, -0.15) is 5.26 Å². The summed E-state index contributed by atoms with van der Waals surface area (Å²) >= 11 is 2.07. The first-order chi connectivity index (χ1) is 7.65. The number of hydrogen-bond acceptors (Lipinski definition) is 3. The second-order valence-electron chi connectivity index (χ2n) is 3.18. The molecule has 0 saturated carbocycles. The zero-order valence-corrected chi connectivity index (χ0v) is 10.7. The fraction of sp³-hybridized carbons (Fsp3) is 0.273. The molecule has 16 heavy (non-hydrogen) atoms. The van der Waals surface area contributed by atoms with Gasteiger partial charge in [0.2, 0.25) is 0 Å². The zero-order chi connectivity index (χ0) is 12.0. The van der Waals surface area contributed by atoms with Crippen molar-refractivity contribution in [2.45, 2.75) is 12.8 Å². The molecule has 0 fully saturated rings. The van der Waals surface area contributed by atoms with Gasteiger partial charge < -0.3 is 10.4 Å². The maximum absolute atomic E-state index is 11.6. The normalized spacial score (nSPS) is 9.50. The van der Waals surface area contributed by atoms with Crippen molar-refractivity contribution in [2.75, 3.05) is 6.54 Å². The number of phenols is 1. The van der Waals surface area contributed by atoms with Crippen LogP contribution in [0.4, 0.5) is 0 Å². The SMILES string of the molecule is N#CCCCNC(=O)c1cc(I)ccc1O. The lowest BCUT2D eigenvalue weighted by Gasteiger charge is -2.06. The number of nitrogens with one attached hydrogen (secondary N) is 1. The number of amides is 1. The topological polar surface area (TPSA) is 73.1 Å². The van der Waals surface area contributed by atoms with Gasteiger partial charge in [0.1, 0.15) is 5.75 Å². The molecule has 0 unspecified atom stereocenters. The molecule has 1 amide bonds. The Bertz CT molecular complexity index is 426. The summed E-state index contributed by atoms with van der Waals surface area (Å²) in [6.45, 7) is 0.442. The first-order valence-electron chi connectivity index (χ1n) is 4.79. The summed E-state index contributed by atoms with van der Waals surface area (Å²) in [4.78, 5) is 11.6. The largest absolute Gasteiger partial charge is 0.507 e. The first kappa shape index (κ1) is 12.8. The van der Waals surface area contributed by atoms with Crippen molar-refractivity contribution in [3.63, 3.8) is 0 Å². The van der Waals surface area contributed by atoms with Crippen LogP contribution in [0.2, 0.25) is 0 Å². The standard InChI is InChI=1S/C11H11IN2O2/c12-8-3-4-10(15)9(7-8)11(16)14-6-2-1-5-13/h3-4,7,15H,1-2,6H2,(H,14,16). The van der Waals surface area contributed by atoms with Crippen molar-refractivity contribution < 1.29 is 9.90 Å². The lowest BCUT2D eigenvalue weighted by Crippen LogP contribution is -2.24. The Morgan fingerprint density at radius 3 is 3.00 bits per heavy atom. The number of unbranched alkanes of at least 4 members (excludes halogenated alkanes) is 1. The van der Waals surface area contributed by atoms with Crippen molar-refractivity contribution in [1.29, 1.82) is 5.26 Å². The van der Waals surface area contributed by atoms with Gasteiger partial charge in [-0.05, 0) is 47.2 Å². The maximum Gasteiger partial charge on any atom is 0.255 e. The highest BCUT2D eigenvalue weighted by Crippen LogP contribution is 2.19. The van der Waals surface area contributed by atoms with E-state index in [1.807, 2.05) is 6.07 Å². The number of halogens is 1. The van der Waals surface area contributed by atoms with E-state index >= 15 is 0 Å². The summed E-state index contributed by atoms with van der Waals surface area (Å²) in [6, 6.07) is 6.84. The molecule has 0 bridgehead atoms. The molecule has 0 radical (unpaired) electrons. The van der Waals surface area contributed by atoms with Crippen molar-refractivity contribution in [1.82, 2.24) is 5.32 Å². The average Bonchev–Trinajstić information content (AvgIpc) is 2.27. The van der Waals surface area contributed by atoms with E-state index in [2.05, 4.69) is 27.9 Å². The van der Waals surface area contributed by atoms with Gasteiger partial charge in [0.05, 0.1) is 11.6 Å². The number of nitriles is 1.